The van der Waals surface area contributed by atoms with Crippen molar-refractivity contribution >= 4 is 5.78 Å². The van der Waals surface area contributed by atoms with E-state index in [-0.39, 0.29) is 17.1 Å². The van der Waals surface area contributed by atoms with Crippen molar-refractivity contribution < 1.29 is 14.6 Å². The van der Waals surface area contributed by atoms with E-state index in [1.165, 1.54) is 24.9 Å². The van der Waals surface area contributed by atoms with Gasteiger partial charge < -0.3 is 9.84 Å². The first-order valence-electron chi connectivity index (χ1n) is 10.6. The summed E-state index contributed by atoms with van der Waals surface area (Å²) < 4.78 is 5.44. The van der Waals surface area contributed by atoms with E-state index in [4.69, 9.17) is 4.74 Å². The number of hydrogen-bond donors (Lipinski definition) is 1. The van der Waals surface area contributed by atoms with E-state index in [1.54, 1.807) is 7.11 Å². The van der Waals surface area contributed by atoms with Crippen LogP contribution < -0.4 is 4.74 Å². The predicted octanol–water partition coefficient (Wildman–Crippen LogP) is 3.54. The minimum Gasteiger partial charge on any atom is -0.504 e. The number of phenols is 1. The van der Waals surface area contributed by atoms with E-state index in [1.807, 2.05) is 6.07 Å². The van der Waals surface area contributed by atoms with Crippen LogP contribution in [0, 0.1) is 23.7 Å². The summed E-state index contributed by atoms with van der Waals surface area (Å²) in [6, 6.07) is 4.51. The number of rotatable bonds is 3. The summed E-state index contributed by atoms with van der Waals surface area (Å²) in [5, 5.41) is 11.1. The molecule has 1 N–H and O–H groups in total. The van der Waals surface area contributed by atoms with Gasteiger partial charge in [0.2, 0.25) is 0 Å². The SMILES string of the molecule is COc1ccc2c(c1O)[C@]13CCN(CC4CC4)[C@H](C2)[C@@H]1C(C)C(C)C(=O)C3. The van der Waals surface area contributed by atoms with Crippen molar-refractivity contribution in [2.75, 3.05) is 20.2 Å². The molecular weight excluding hydrogens is 338 g/mol. The van der Waals surface area contributed by atoms with Gasteiger partial charge in [-0.2, -0.15) is 0 Å². The Morgan fingerprint density at radius 2 is 2.07 bits per heavy atom. The Balaban J connectivity index is 1.67. The molecule has 2 unspecified atom stereocenters. The van der Waals surface area contributed by atoms with Crippen molar-refractivity contribution in [2.45, 2.75) is 57.4 Å². The molecule has 1 heterocycles. The molecule has 1 aliphatic heterocycles. The lowest BCUT2D eigenvalue weighted by molar-refractivity contribution is -0.138. The van der Waals surface area contributed by atoms with Crippen molar-refractivity contribution in [2.24, 2.45) is 23.7 Å². The second kappa shape index (κ2) is 5.97. The molecule has 4 heteroatoms. The molecular formula is C23H31NO3. The zero-order valence-electron chi connectivity index (χ0n) is 16.7. The number of ketones is 1. The Morgan fingerprint density at radius 1 is 1.30 bits per heavy atom. The highest BCUT2D eigenvalue weighted by Gasteiger charge is 2.60. The lowest BCUT2D eigenvalue weighted by atomic mass is 9.47. The van der Waals surface area contributed by atoms with Gasteiger partial charge in [-0.15, -0.1) is 0 Å². The van der Waals surface area contributed by atoms with E-state index in [0.29, 0.717) is 35.8 Å². The van der Waals surface area contributed by atoms with E-state index < -0.39 is 0 Å². The zero-order chi connectivity index (χ0) is 18.9. The molecule has 3 aliphatic carbocycles. The van der Waals surface area contributed by atoms with Crippen LogP contribution in [0.1, 0.15) is 50.7 Å². The van der Waals surface area contributed by atoms with Crippen LogP contribution in [0.5, 0.6) is 11.5 Å². The highest BCUT2D eigenvalue weighted by atomic mass is 16.5. The van der Waals surface area contributed by atoms with E-state index in [0.717, 1.165) is 30.9 Å². The second-order valence-corrected chi connectivity index (χ2v) is 9.58. The molecule has 1 saturated heterocycles. The van der Waals surface area contributed by atoms with Gasteiger partial charge in [-0.3, -0.25) is 9.69 Å². The number of carbonyl (C=O) groups is 1. The molecule has 1 aromatic rings. The molecule has 0 radical (unpaired) electrons. The Kier molecular flexibility index (Phi) is 3.88. The third-order valence-corrected chi connectivity index (χ3v) is 8.28. The summed E-state index contributed by atoms with van der Waals surface area (Å²) in [5.74, 6) is 2.95. The van der Waals surface area contributed by atoms with Crippen molar-refractivity contribution in [3.63, 3.8) is 0 Å². The van der Waals surface area contributed by atoms with E-state index in [9.17, 15) is 9.90 Å². The molecule has 2 saturated carbocycles. The maximum Gasteiger partial charge on any atom is 0.161 e. The van der Waals surface area contributed by atoms with Crippen LogP contribution in [0.3, 0.4) is 0 Å². The molecule has 0 spiro atoms. The number of benzene rings is 1. The molecule has 3 fully saturated rings. The average Bonchev–Trinajstić information content (AvgIpc) is 3.46. The number of ether oxygens (including phenoxy) is 1. The average molecular weight is 370 g/mol. The zero-order valence-corrected chi connectivity index (χ0v) is 16.7. The number of methoxy groups -OCH3 is 1. The molecule has 0 amide bonds. The predicted molar refractivity (Wildman–Crippen MR) is 104 cm³/mol. The number of piperidine rings is 1. The smallest absolute Gasteiger partial charge is 0.161 e. The number of fused-ring (bicyclic) bond motifs is 1. The normalized spacial score (nSPS) is 38.3. The quantitative estimate of drug-likeness (QED) is 0.885. The lowest BCUT2D eigenvalue weighted by Crippen LogP contribution is -2.65. The minimum atomic E-state index is -0.222. The highest BCUT2D eigenvalue weighted by Crippen LogP contribution is 2.61. The third-order valence-electron chi connectivity index (χ3n) is 8.28. The van der Waals surface area contributed by atoms with Gasteiger partial charge >= 0.3 is 0 Å². The maximum absolute atomic E-state index is 13.0. The molecule has 0 aromatic heterocycles. The molecule has 2 bridgehead atoms. The standard InChI is InChI=1S/C23H31NO3/c1-13-14(2)20-17-10-16-6-7-19(27-3)22(26)21(16)23(20,11-18(13)25)8-9-24(17)12-15-4-5-15/h6-7,13-15,17,20,26H,4-5,8-12H2,1-3H3/t13?,14?,17-,20+,23+/m1/s1. The first-order chi connectivity index (χ1) is 13.0. The lowest BCUT2D eigenvalue weighted by Gasteiger charge is -2.61. The summed E-state index contributed by atoms with van der Waals surface area (Å²) in [4.78, 5) is 15.7. The Labute approximate surface area is 161 Å². The monoisotopic (exact) mass is 369 g/mol. The van der Waals surface area contributed by atoms with Crippen LogP contribution in [0.15, 0.2) is 12.1 Å². The molecule has 1 aromatic carbocycles. The van der Waals surface area contributed by atoms with Crippen LogP contribution >= 0.6 is 0 Å². The minimum absolute atomic E-state index is 0.112. The van der Waals surface area contributed by atoms with Crippen molar-refractivity contribution in [1.29, 1.82) is 0 Å². The van der Waals surface area contributed by atoms with Gasteiger partial charge in [-0.1, -0.05) is 19.9 Å². The Morgan fingerprint density at radius 3 is 2.78 bits per heavy atom. The van der Waals surface area contributed by atoms with Crippen LogP contribution in [0.2, 0.25) is 0 Å². The summed E-state index contributed by atoms with van der Waals surface area (Å²) in [5.41, 5.74) is 2.03. The summed E-state index contributed by atoms with van der Waals surface area (Å²) in [7, 11) is 1.61. The number of aromatic hydroxyl groups is 1. The first-order valence-corrected chi connectivity index (χ1v) is 10.6. The number of Topliss-reactive ketones (excluding diaryl/α,β-unsaturated/α-hetero) is 1. The van der Waals surface area contributed by atoms with Crippen molar-refractivity contribution in [3.8, 4) is 11.5 Å². The number of phenolic OH excluding ortho intramolecular Hbond substituents is 1. The fraction of sp³-hybridized carbons (Fsp3) is 0.696. The van der Waals surface area contributed by atoms with Crippen LogP contribution in [-0.4, -0.2) is 42.0 Å². The molecule has 4 nitrogen and oxygen atoms in total. The van der Waals surface area contributed by atoms with Gasteiger partial charge in [0.05, 0.1) is 7.11 Å². The van der Waals surface area contributed by atoms with Gasteiger partial charge in [-0.05, 0) is 61.6 Å². The first kappa shape index (κ1) is 17.5. The van der Waals surface area contributed by atoms with E-state index in [2.05, 4.69) is 24.8 Å². The van der Waals surface area contributed by atoms with Crippen LogP contribution in [0.4, 0.5) is 0 Å². The molecule has 5 atom stereocenters. The number of likely N-dealkylation sites (tertiary alicyclic amines) is 1. The largest absolute Gasteiger partial charge is 0.504 e. The van der Waals surface area contributed by atoms with Crippen LogP contribution in [-0.2, 0) is 16.6 Å². The number of hydrogen-bond acceptors (Lipinski definition) is 4. The van der Waals surface area contributed by atoms with E-state index >= 15 is 0 Å². The van der Waals surface area contributed by atoms with Gasteiger partial charge in [0.15, 0.2) is 11.5 Å². The Hall–Kier alpha value is -1.55. The molecule has 4 aliphatic rings. The van der Waals surface area contributed by atoms with Crippen molar-refractivity contribution in [3.05, 3.63) is 23.3 Å². The summed E-state index contributed by atoms with van der Waals surface area (Å²) in [6.07, 6.45) is 5.27. The maximum atomic E-state index is 13.0. The summed E-state index contributed by atoms with van der Waals surface area (Å²) in [6.45, 7) is 6.64. The molecule has 27 heavy (non-hydrogen) atoms. The summed E-state index contributed by atoms with van der Waals surface area (Å²) >= 11 is 0. The molecule has 5 rings (SSSR count). The van der Waals surface area contributed by atoms with Gasteiger partial charge in [-0.25, -0.2) is 0 Å². The van der Waals surface area contributed by atoms with Gasteiger partial charge in [0.1, 0.15) is 5.78 Å². The Bertz CT molecular complexity index is 786. The number of carbonyl (C=O) groups excluding carboxylic acids is 1. The van der Waals surface area contributed by atoms with Crippen LogP contribution in [0.25, 0.3) is 0 Å². The van der Waals surface area contributed by atoms with Gasteiger partial charge in [0, 0.05) is 35.9 Å². The highest BCUT2D eigenvalue weighted by molar-refractivity contribution is 5.84. The topological polar surface area (TPSA) is 49.8 Å². The van der Waals surface area contributed by atoms with Gasteiger partial charge in [0.25, 0.3) is 0 Å². The van der Waals surface area contributed by atoms with Crippen molar-refractivity contribution in [1.82, 2.24) is 4.90 Å². The number of nitrogens with zero attached hydrogens (tertiary/aromatic N) is 1. The fourth-order valence-electron chi connectivity index (χ4n) is 6.63. The second-order valence-electron chi connectivity index (χ2n) is 9.58. The fourth-order valence-corrected chi connectivity index (χ4v) is 6.63. The third kappa shape index (κ3) is 2.41. The molecule has 146 valence electrons.